The Labute approximate surface area is 251 Å². The second-order valence-electron chi connectivity index (χ2n) is 13.2. The number of benzene rings is 1. The third-order valence-electron chi connectivity index (χ3n) is 7.91. The smallest absolute Gasteiger partial charge is 0.410 e. The van der Waals surface area contributed by atoms with E-state index in [0.717, 1.165) is 26.2 Å². The fourth-order valence-electron chi connectivity index (χ4n) is 4.69. The number of amides is 2. The first-order valence-corrected chi connectivity index (χ1v) is 17.9. The van der Waals surface area contributed by atoms with Crippen molar-refractivity contribution in [1.82, 2.24) is 9.88 Å². The van der Waals surface area contributed by atoms with Crippen LogP contribution >= 0.6 is 22.9 Å². The van der Waals surface area contributed by atoms with Crippen LogP contribution in [-0.4, -0.2) is 61.5 Å². The maximum atomic E-state index is 13.3. The van der Waals surface area contributed by atoms with E-state index < -0.39 is 13.9 Å². The number of fused-ring (bicyclic) bond motifs is 2. The maximum Gasteiger partial charge on any atom is 0.410 e. The molecule has 1 saturated heterocycles. The number of carbonyl (C=O) groups is 2. The van der Waals surface area contributed by atoms with Gasteiger partial charge in [0.1, 0.15) is 11.4 Å². The molecular weight excluding hydrogens is 578 g/mol. The molecule has 0 atom stereocenters. The normalized spacial score (nSPS) is 16.5. The topological polar surface area (TPSA) is 81.2 Å². The minimum absolute atomic E-state index is 0.0879. The minimum atomic E-state index is -1.92. The Morgan fingerprint density at radius 1 is 1.15 bits per heavy atom. The number of rotatable bonds is 5. The first kappa shape index (κ1) is 29.8. The van der Waals surface area contributed by atoms with Crippen molar-refractivity contribution in [3.05, 3.63) is 40.4 Å². The van der Waals surface area contributed by atoms with Crippen LogP contribution in [0.5, 0.6) is 5.75 Å². The van der Waals surface area contributed by atoms with E-state index in [9.17, 15) is 9.59 Å². The lowest BCUT2D eigenvalue weighted by atomic mass is 9.98. The molecule has 2 amide bonds. The summed E-state index contributed by atoms with van der Waals surface area (Å²) < 4.78 is 18.9. The van der Waals surface area contributed by atoms with Crippen LogP contribution in [0, 0.1) is 0 Å². The molecule has 1 fully saturated rings. The molecule has 0 bridgehead atoms. The third-order valence-corrected chi connectivity index (χ3v) is 13.7. The zero-order chi connectivity index (χ0) is 29.9. The van der Waals surface area contributed by atoms with Crippen molar-refractivity contribution in [3.8, 4) is 16.9 Å². The molecule has 0 saturated carbocycles. The predicted molar refractivity (Wildman–Crippen MR) is 167 cm³/mol. The fraction of sp³-hybridized carbons (Fsp3) is 0.500. The van der Waals surface area contributed by atoms with E-state index >= 15 is 0 Å². The third kappa shape index (κ3) is 5.97. The number of likely N-dealkylation sites (tertiary alicyclic amines) is 1. The van der Waals surface area contributed by atoms with Gasteiger partial charge in [0.2, 0.25) is 0 Å². The summed E-state index contributed by atoms with van der Waals surface area (Å²) in [6, 6.07) is 7.45. The summed E-state index contributed by atoms with van der Waals surface area (Å²) in [5.74, 6) is 0.390. The molecule has 8 nitrogen and oxygen atoms in total. The lowest BCUT2D eigenvalue weighted by molar-refractivity contribution is -0.122. The number of ether oxygens (including phenoxy) is 2. The van der Waals surface area contributed by atoms with E-state index in [4.69, 9.17) is 25.5 Å². The zero-order valence-corrected chi connectivity index (χ0v) is 27.5. The van der Waals surface area contributed by atoms with Crippen LogP contribution in [0.25, 0.3) is 21.3 Å². The summed E-state index contributed by atoms with van der Waals surface area (Å²) in [6.07, 6.45) is 1.40. The van der Waals surface area contributed by atoms with Crippen LogP contribution < -0.4 is 9.64 Å². The van der Waals surface area contributed by atoms with Gasteiger partial charge in [0.05, 0.1) is 28.6 Å². The van der Waals surface area contributed by atoms with Gasteiger partial charge in [-0.2, -0.15) is 0 Å². The van der Waals surface area contributed by atoms with Crippen LogP contribution in [0.1, 0.15) is 46.4 Å². The fourth-order valence-corrected chi connectivity index (χ4v) is 7.01. The lowest BCUT2D eigenvalue weighted by Gasteiger charge is -2.47. The molecule has 2 aliphatic rings. The van der Waals surface area contributed by atoms with Crippen LogP contribution in [0.2, 0.25) is 23.2 Å². The number of hydrogen-bond acceptors (Lipinski definition) is 7. The summed E-state index contributed by atoms with van der Waals surface area (Å²) in [4.78, 5) is 35.0. The van der Waals surface area contributed by atoms with Crippen molar-refractivity contribution < 1.29 is 23.5 Å². The molecule has 3 aromatic rings. The van der Waals surface area contributed by atoms with Gasteiger partial charge in [-0.25, -0.2) is 4.79 Å². The Bertz CT molecular complexity index is 1500. The number of halogens is 1. The van der Waals surface area contributed by atoms with Crippen molar-refractivity contribution in [2.24, 2.45) is 0 Å². The zero-order valence-electron chi connectivity index (χ0n) is 25.0. The molecule has 5 rings (SSSR count). The van der Waals surface area contributed by atoms with Gasteiger partial charge < -0.3 is 18.8 Å². The molecule has 0 radical (unpaired) electrons. The van der Waals surface area contributed by atoms with Gasteiger partial charge in [-0.3, -0.25) is 14.7 Å². The first-order chi connectivity index (χ1) is 19.0. The van der Waals surface area contributed by atoms with Gasteiger partial charge >= 0.3 is 6.09 Å². The Balaban J connectivity index is 1.49. The summed E-state index contributed by atoms with van der Waals surface area (Å²) in [6.45, 7) is 17.9. The van der Waals surface area contributed by atoms with Crippen LogP contribution in [0.15, 0.2) is 30.5 Å². The van der Waals surface area contributed by atoms with E-state index in [0.29, 0.717) is 36.2 Å². The van der Waals surface area contributed by atoms with E-state index in [-0.39, 0.29) is 29.7 Å². The largest absolute Gasteiger partial charge is 0.481 e. The number of nitrogens with zero attached hydrogens (tertiary/aromatic N) is 3. The standard InChI is InChI=1S/C30H38ClN3O5SSi/c1-29(2,3)39-28(36)33-14-19(15-33)34-25(35)17-37-24-12-18(31)11-22(26(24)34)21-9-10-32-23-13-20(40-27(21)23)16-38-41(7,8)30(4,5)6/h9-13,19H,14-17H2,1-8H3. The molecule has 220 valence electrons. The molecule has 11 heteroatoms. The Hall–Kier alpha value is -2.66. The molecule has 1 aromatic carbocycles. The number of pyridine rings is 1. The minimum Gasteiger partial charge on any atom is -0.481 e. The summed E-state index contributed by atoms with van der Waals surface area (Å²) >= 11 is 8.23. The molecule has 0 spiro atoms. The monoisotopic (exact) mass is 615 g/mol. The summed E-state index contributed by atoms with van der Waals surface area (Å²) in [7, 11) is -1.92. The van der Waals surface area contributed by atoms with E-state index in [1.165, 1.54) is 0 Å². The van der Waals surface area contributed by atoms with E-state index in [1.54, 1.807) is 33.4 Å². The highest BCUT2D eigenvalue weighted by atomic mass is 35.5. The molecule has 2 aromatic heterocycles. The molecule has 0 N–H and O–H groups in total. The van der Waals surface area contributed by atoms with Crippen molar-refractivity contribution in [2.45, 2.75) is 77.9 Å². The maximum absolute atomic E-state index is 13.3. The Morgan fingerprint density at radius 2 is 1.85 bits per heavy atom. The lowest BCUT2D eigenvalue weighted by Crippen LogP contribution is -2.64. The number of thiophene rings is 1. The SMILES string of the molecule is CC(C)(C)OC(=O)N1CC(N2C(=O)COc3cc(Cl)cc(-c4ccnc5cc(CO[Si](C)(C)C(C)(C)C)sc45)c32)C1. The average Bonchev–Trinajstić information content (AvgIpc) is 3.24. The second-order valence-corrected chi connectivity index (χ2v) is 19.6. The van der Waals surface area contributed by atoms with Gasteiger partial charge in [0, 0.05) is 46.4 Å². The van der Waals surface area contributed by atoms with E-state index in [2.05, 4.69) is 44.9 Å². The number of aromatic nitrogens is 1. The van der Waals surface area contributed by atoms with Crippen molar-refractivity contribution in [3.63, 3.8) is 0 Å². The quantitative estimate of drug-likeness (QED) is 0.277. The Kier molecular flexibility index (Phi) is 7.68. The van der Waals surface area contributed by atoms with Gasteiger partial charge in [0.25, 0.3) is 5.91 Å². The number of hydrogen-bond donors (Lipinski definition) is 0. The summed E-state index contributed by atoms with van der Waals surface area (Å²) in [5.41, 5.74) is 2.66. The Morgan fingerprint density at radius 3 is 2.51 bits per heavy atom. The highest BCUT2D eigenvalue weighted by Gasteiger charge is 2.43. The molecule has 2 aliphatic heterocycles. The van der Waals surface area contributed by atoms with Crippen LogP contribution in [-0.2, 0) is 20.6 Å². The molecule has 4 heterocycles. The van der Waals surface area contributed by atoms with Gasteiger partial charge in [0.15, 0.2) is 14.9 Å². The highest BCUT2D eigenvalue weighted by molar-refractivity contribution is 7.19. The highest BCUT2D eigenvalue weighted by Crippen LogP contribution is 2.48. The van der Waals surface area contributed by atoms with Gasteiger partial charge in [-0.1, -0.05) is 32.4 Å². The predicted octanol–water partition coefficient (Wildman–Crippen LogP) is 7.48. The van der Waals surface area contributed by atoms with Gasteiger partial charge in [-0.15, -0.1) is 11.3 Å². The van der Waals surface area contributed by atoms with Crippen molar-refractivity contribution >= 4 is 59.2 Å². The van der Waals surface area contributed by atoms with Crippen LogP contribution in [0.3, 0.4) is 0 Å². The molecular formula is C30H38ClN3O5SSi. The van der Waals surface area contributed by atoms with Crippen molar-refractivity contribution in [2.75, 3.05) is 24.6 Å². The molecule has 0 aliphatic carbocycles. The van der Waals surface area contributed by atoms with E-state index in [1.807, 2.05) is 32.9 Å². The molecule has 0 unspecified atom stereocenters. The van der Waals surface area contributed by atoms with Crippen LogP contribution in [0.4, 0.5) is 10.5 Å². The second kappa shape index (κ2) is 10.6. The number of anilines is 1. The average molecular weight is 616 g/mol. The first-order valence-electron chi connectivity index (χ1n) is 13.8. The molecule has 41 heavy (non-hydrogen) atoms. The summed E-state index contributed by atoms with van der Waals surface area (Å²) in [5, 5.41) is 0.629. The number of carbonyl (C=O) groups excluding carboxylic acids is 2. The van der Waals surface area contributed by atoms with Gasteiger partial charge in [-0.05, 0) is 57.1 Å². The van der Waals surface area contributed by atoms with Crippen molar-refractivity contribution in [1.29, 1.82) is 0 Å².